The minimum Gasteiger partial charge on any atom is -0.468 e. The van der Waals surface area contributed by atoms with Gasteiger partial charge >= 0.3 is 12.1 Å². The molecule has 4 atom stereocenters. The van der Waals surface area contributed by atoms with Gasteiger partial charge in [-0.15, -0.1) is 0 Å². The minimum absolute atomic E-state index is 0.0246. The van der Waals surface area contributed by atoms with Crippen molar-refractivity contribution in [3.63, 3.8) is 0 Å². The van der Waals surface area contributed by atoms with Crippen LogP contribution in [0.3, 0.4) is 0 Å². The fraction of sp³-hybridized carbons (Fsp3) is 0.550. The Morgan fingerprint density at radius 2 is 1.84 bits per heavy atom. The number of benzene rings is 2. The van der Waals surface area contributed by atoms with Gasteiger partial charge in [0.25, 0.3) is 0 Å². The van der Waals surface area contributed by atoms with Crippen LogP contribution in [0, 0.1) is 17.5 Å². The highest BCUT2D eigenvalue weighted by Gasteiger charge is 2.49. The molecule has 3 fully saturated rings. The lowest BCUT2D eigenvalue weighted by atomic mass is 9.95. The van der Waals surface area contributed by atoms with E-state index in [9.17, 15) is 13.6 Å². The number of alkyl halides is 1. The molecule has 15 heteroatoms. The Bertz CT molecular complexity index is 2150. The van der Waals surface area contributed by atoms with E-state index in [4.69, 9.17) is 28.9 Å². The number of pyridine rings is 1. The molecule has 0 aliphatic carbocycles. The van der Waals surface area contributed by atoms with Crippen LogP contribution in [-0.2, 0) is 15.9 Å². The number of hydrogen-bond donors (Lipinski definition) is 0. The lowest BCUT2D eigenvalue weighted by molar-refractivity contribution is 0.00970. The number of fused-ring (bicyclic) bond motifs is 4. The Morgan fingerprint density at radius 3 is 2.60 bits per heavy atom. The summed E-state index contributed by atoms with van der Waals surface area (Å²) in [6, 6.07) is 4.75. The van der Waals surface area contributed by atoms with Crippen LogP contribution in [0.25, 0.3) is 32.9 Å². The molecule has 0 saturated carbocycles. The molecule has 0 radical (unpaired) electrons. The quantitative estimate of drug-likeness (QED) is 0.134. The van der Waals surface area contributed by atoms with Crippen LogP contribution < -0.4 is 14.4 Å². The van der Waals surface area contributed by atoms with Crippen molar-refractivity contribution < 1.29 is 41.3 Å². The molecule has 2 aromatic carbocycles. The van der Waals surface area contributed by atoms with Gasteiger partial charge in [-0.05, 0) is 83.0 Å². The van der Waals surface area contributed by atoms with Crippen LogP contribution in [0.4, 0.5) is 28.2 Å². The molecule has 0 N–H and O–H groups in total. The maximum absolute atomic E-state index is 17.4. The summed E-state index contributed by atoms with van der Waals surface area (Å²) >= 11 is 0. The van der Waals surface area contributed by atoms with Crippen LogP contribution in [-0.4, -0.2) is 107 Å². The van der Waals surface area contributed by atoms with E-state index in [0.717, 1.165) is 25.5 Å². The standard InChI is InChI=1S/C40H46F4N6O5/c1-6-24-18-49-25(19-50(24)38(51)55-39(2,3)4)9-11-29-31-35(46-37(47-36(31)49)53-20-40-12-7-13-48(40)17-23(41)16-40)33(44)34(45-29)27-15-26(54-21-52-5)14-22-8-10-28(42)32(43)30(22)27/h8,10,14-15,23-25H,6-7,9,11-13,16-21H2,1-5H3/t23-,24-,25-,40+/m1/s1. The van der Waals surface area contributed by atoms with Crippen LogP contribution in [0.2, 0.25) is 0 Å². The molecular weight excluding hydrogens is 720 g/mol. The summed E-state index contributed by atoms with van der Waals surface area (Å²) in [6.07, 6.45) is 2.07. The fourth-order valence-electron chi connectivity index (χ4n) is 8.90. The van der Waals surface area contributed by atoms with Crippen molar-refractivity contribution in [1.82, 2.24) is 24.8 Å². The Hall–Kier alpha value is -4.50. The molecule has 6 heterocycles. The average Bonchev–Trinajstić information content (AvgIpc) is 3.63. The van der Waals surface area contributed by atoms with Gasteiger partial charge in [-0.2, -0.15) is 9.97 Å². The lowest BCUT2D eigenvalue weighted by Gasteiger charge is -2.46. The molecule has 8 rings (SSSR count). The van der Waals surface area contributed by atoms with Gasteiger partial charge in [0.05, 0.1) is 22.7 Å². The zero-order valence-electron chi connectivity index (χ0n) is 31.8. The van der Waals surface area contributed by atoms with E-state index in [0.29, 0.717) is 62.2 Å². The number of hydrogen-bond acceptors (Lipinski definition) is 10. The summed E-state index contributed by atoms with van der Waals surface area (Å²) in [4.78, 5) is 33.9. The maximum Gasteiger partial charge on any atom is 0.410 e. The molecule has 0 bridgehead atoms. The molecule has 0 spiro atoms. The number of carbonyl (C=O) groups is 1. The summed E-state index contributed by atoms with van der Waals surface area (Å²) < 4.78 is 85.5. The Balaban J connectivity index is 1.29. The van der Waals surface area contributed by atoms with E-state index in [1.807, 2.05) is 27.7 Å². The number of amides is 1. The largest absolute Gasteiger partial charge is 0.468 e. The average molecular weight is 767 g/mol. The van der Waals surface area contributed by atoms with E-state index < -0.39 is 40.9 Å². The first-order valence-electron chi connectivity index (χ1n) is 19.0. The second kappa shape index (κ2) is 14.2. The van der Waals surface area contributed by atoms with E-state index in [2.05, 4.69) is 14.8 Å². The zero-order valence-corrected chi connectivity index (χ0v) is 31.8. The SMILES string of the molecule is CC[C@@H]1CN2c3nc(OC[C@@]45CCCN4C[C@H](F)C5)nc4c(F)c(-c5cc(OCOC)cc6ccc(F)c(F)c56)nc(c34)CC[C@@H]2CN1C(=O)OC(C)(C)C. The van der Waals surface area contributed by atoms with Gasteiger partial charge in [-0.1, -0.05) is 13.0 Å². The highest BCUT2D eigenvalue weighted by molar-refractivity contribution is 6.01. The smallest absolute Gasteiger partial charge is 0.410 e. The highest BCUT2D eigenvalue weighted by atomic mass is 19.2. The Kier molecular flexibility index (Phi) is 9.67. The molecule has 1 amide bonds. The van der Waals surface area contributed by atoms with Gasteiger partial charge in [0.1, 0.15) is 41.2 Å². The molecule has 11 nitrogen and oxygen atoms in total. The number of carbonyl (C=O) groups excluding carboxylic acids is 1. The van der Waals surface area contributed by atoms with Crippen molar-refractivity contribution >= 4 is 33.6 Å². The summed E-state index contributed by atoms with van der Waals surface area (Å²) in [5.74, 6) is -2.48. The second-order valence-electron chi connectivity index (χ2n) is 16.2. The summed E-state index contributed by atoms with van der Waals surface area (Å²) in [5.41, 5.74) is -1.10. The number of aryl methyl sites for hydroxylation is 1. The van der Waals surface area contributed by atoms with E-state index >= 15 is 8.78 Å². The molecule has 3 saturated heterocycles. The van der Waals surface area contributed by atoms with E-state index in [-0.39, 0.29) is 64.8 Å². The number of halogens is 4. The summed E-state index contributed by atoms with van der Waals surface area (Å²) in [7, 11) is 1.45. The monoisotopic (exact) mass is 766 g/mol. The third-order valence-electron chi connectivity index (χ3n) is 11.4. The molecule has 4 aliphatic heterocycles. The van der Waals surface area contributed by atoms with Crippen LogP contribution in [0.15, 0.2) is 24.3 Å². The van der Waals surface area contributed by atoms with Crippen molar-refractivity contribution in [2.75, 3.05) is 51.6 Å². The molecule has 4 aliphatic rings. The first-order chi connectivity index (χ1) is 26.3. The number of aromatic nitrogens is 3. The lowest BCUT2D eigenvalue weighted by Crippen LogP contribution is -2.60. The fourth-order valence-corrected chi connectivity index (χ4v) is 8.90. The van der Waals surface area contributed by atoms with Crippen molar-refractivity contribution in [3.05, 3.63) is 47.4 Å². The van der Waals surface area contributed by atoms with Gasteiger partial charge in [0.15, 0.2) is 24.2 Å². The Labute approximate surface area is 316 Å². The molecule has 2 aromatic heterocycles. The predicted molar refractivity (Wildman–Crippen MR) is 198 cm³/mol. The topological polar surface area (TPSA) is 102 Å². The molecule has 0 unspecified atom stereocenters. The third-order valence-corrected chi connectivity index (χ3v) is 11.4. The van der Waals surface area contributed by atoms with Gasteiger partial charge in [0.2, 0.25) is 0 Å². The molecule has 55 heavy (non-hydrogen) atoms. The molecule has 294 valence electrons. The number of methoxy groups -OCH3 is 1. The first-order valence-corrected chi connectivity index (χ1v) is 19.0. The molecule has 4 aromatic rings. The van der Waals surface area contributed by atoms with Crippen LogP contribution in [0.5, 0.6) is 11.8 Å². The van der Waals surface area contributed by atoms with Crippen molar-refractivity contribution in [3.8, 4) is 23.0 Å². The third kappa shape index (κ3) is 6.76. The second-order valence-corrected chi connectivity index (χ2v) is 16.2. The van der Waals surface area contributed by atoms with E-state index in [1.54, 1.807) is 4.90 Å². The van der Waals surface area contributed by atoms with Crippen LogP contribution in [0.1, 0.15) is 65.5 Å². The van der Waals surface area contributed by atoms with Gasteiger partial charge in [-0.25, -0.2) is 27.3 Å². The number of piperazine rings is 1. The highest BCUT2D eigenvalue weighted by Crippen LogP contribution is 2.44. The number of nitrogens with zero attached hydrogens (tertiary/aromatic N) is 6. The van der Waals surface area contributed by atoms with Crippen molar-refractivity contribution in [2.45, 2.75) is 95.6 Å². The first kappa shape index (κ1) is 37.4. The summed E-state index contributed by atoms with van der Waals surface area (Å²) in [6.45, 7) is 9.26. The zero-order chi connectivity index (χ0) is 38.8. The Morgan fingerprint density at radius 1 is 1.02 bits per heavy atom. The maximum atomic E-state index is 17.4. The van der Waals surface area contributed by atoms with Gasteiger partial charge in [0, 0.05) is 50.2 Å². The molecular formula is C40H46F4N6O5. The van der Waals surface area contributed by atoms with E-state index in [1.165, 1.54) is 25.3 Å². The number of rotatable bonds is 8. The minimum atomic E-state index is -1.15. The van der Waals surface area contributed by atoms with Crippen LogP contribution >= 0.6 is 0 Å². The van der Waals surface area contributed by atoms with Crippen molar-refractivity contribution in [2.24, 2.45) is 0 Å². The normalized spacial score (nSPS) is 23.9. The number of anilines is 1. The summed E-state index contributed by atoms with van der Waals surface area (Å²) in [5, 5.41) is 0.487. The van der Waals surface area contributed by atoms with Gasteiger partial charge in [-0.3, -0.25) is 4.90 Å². The predicted octanol–water partition coefficient (Wildman–Crippen LogP) is 7.35. The van der Waals surface area contributed by atoms with Crippen molar-refractivity contribution in [1.29, 1.82) is 0 Å². The van der Waals surface area contributed by atoms with Gasteiger partial charge < -0.3 is 28.7 Å². The number of ether oxygens (including phenoxy) is 4.